The Morgan fingerprint density at radius 3 is 2.38 bits per heavy atom. The lowest BCUT2D eigenvalue weighted by Crippen LogP contribution is -2.30. The Balaban J connectivity index is 2.31. The first-order valence-electron chi connectivity index (χ1n) is 7.83. The maximum absolute atomic E-state index is 13.4. The molecule has 0 aliphatic heterocycles. The average molecular weight is 361 g/mol. The minimum atomic E-state index is -0.682. The van der Waals surface area contributed by atoms with E-state index >= 15 is 0 Å². The maximum atomic E-state index is 13.4. The summed E-state index contributed by atoms with van der Waals surface area (Å²) in [7, 11) is 4.26. The topological polar surface area (TPSA) is 73.9 Å². The molecular formula is C19H20FNO5. The third kappa shape index (κ3) is 4.72. The summed E-state index contributed by atoms with van der Waals surface area (Å²) in [6.07, 6.45) is -0.0902. The van der Waals surface area contributed by atoms with Gasteiger partial charge in [0.05, 0.1) is 33.8 Å². The molecule has 26 heavy (non-hydrogen) atoms. The Hall–Kier alpha value is -3.09. The number of hydrogen-bond donors (Lipinski definition) is 1. The highest BCUT2D eigenvalue weighted by atomic mass is 19.1. The fourth-order valence-corrected chi connectivity index (χ4v) is 2.44. The first-order valence-corrected chi connectivity index (χ1v) is 7.83. The maximum Gasteiger partial charge on any atom is 0.307 e. The number of amides is 1. The second-order valence-corrected chi connectivity index (χ2v) is 5.43. The van der Waals surface area contributed by atoms with Crippen LogP contribution in [-0.4, -0.2) is 33.2 Å². The molecule has 1 amide bonds. The van der Waals surface area contributed by atoms with Gasteiger partial charge >= 0.3 is 5.97 Å². The normalized spacial score (nSPS) is 11.4. The van der Waals surface area contributed by atoms with Gasteiger partial charge in [-0.1, -0.05) is 12.1 Å². The zero-order valence-corrected chi connectivity index (χ0v) is 14.7. The molecule has 0 aromatic heterocycles. The monoisotopic (exact) mass is 361 g/mol. The summed E-state index contributed by atoms with van der Waals surface area (Å²) in [5.41, 5.74) is 0.776. The number of esters is 1. The van der Waals surface area contributed by atoms with Crippen molar-refractivity contribution in [3.05, 3.63) is 59.4 Å². The van der Waals surface area contributed by atoms with Crippen LogP contribution in [-0.2, 0) is 9.53 Å². The van der Waals surface area contributed by atoms with Crippen molar-refractivity contribution in [2.75, 3.05) is 21.3 Å². The molecule has 0 aliphatic rings. The Morgan fingerprint density at radius 1 is 1.04 bits per heavy atom. The molecule has 6 nitrogen and oxygen atoms in total. The number of halogens is 1. The van der Waals surface area contributed by atoms with Crippen LogP contribution in [0, 0.1) is 5.82 Å². The molecule has 7 heteroatoms. The molecule has 0 unspecified atom stereocenters. The third-order valence-electron chi connectivity index (χ3n) is 3.80. The van der Waals surface area contributed by atoms with Crippen molar-refractivity contribution in [3.63, 3.8) is 0 Å². The van der Waals surface area contributed by atoms with Gasteiger partial charge in [0.1, 0.15) is 5.82 Å². The SMILES string of the molecule is COC(=O)C[C@@H](NC(=O)c1cccc(F)c1)c1ccc(OC)c(OC)c1. The van der Waals surface area contributed by atoms with Crippen LogP contribution in [0.5, 0.6) is 11.5 Å². The lowest BCUT2D eigenvalue weighted by Gasteiger charge is -2.20. The van der Waals surface area contributed by atoms with Gasteiger partial charge in [-0.15, -0.1) is 0 Å². The van der Waals surface area contributed by atoms with Crippen LogP contribution in [0.2, 0.25) is 0 Å². The number of rotatable bonds is 7. The molecule has 0 saturated heterocycles. The number of methoxy groups -OCH3 is 3. The van der Waals surface area contributed by atoms with Crippen molar-refractivity contribution in [1.29, 1.82) is 0 Å². The summed E-state index contributed by atoms with van der Waals surface area (Å²) < 4.78 is 28.5. The number of carbonyl (C=O) groups is 2. The van der Waals surface area contributed by atoms with E-state index in [4.69, 9.17) is 14.2 Å². The Morgan fingerprint density at radius 2 is 1.77 bits per heavy atom. The van der Waals surface area contributed by atoms with Crippen LogP contribution in [0.1, 0.15) is 28.4 Å². The Kier molecular flexibility index (Phi) is 6.54. The van der Waals surface area contributed by atoms with E-state index in [0.29, 0.717) is 17.1 Å². The number of hydrogen-bond acceptors (Lipinski definition) is 5. The van der Waals surface area contributed by atoms with Crippen molar-refractivity contribution in [2.45, 2.75) is 12.5 Å². The first kappa shape index (κ1) is 19.2. The van der Waals surface area contributed by atoms with Gasteiger partial charge in [0.2, 0.25) is 0 Å². The smallest absolute Gasteiger partial charge is 0.307 e. The van der Waals surface area contributed by atoms with Gasteiger partial charge in [-0.25, -0.2) is 4.39 Å². The first-order chi connectivity index (χ1) is 12.5. The predicted octanol–water partition coefficient (Wildman–Crippen LogP) is 2.88. The van der Waals surface area contributed by atoms with Gasteiger partial charge in [0, 0.05) is 5.56 Å². The molecule has 1 atom stereocenters. The van der Waals surface area contributed by atoms with E-state index in [9.17, 15) is 14.0 Å². The Labute approximate surface area is 150 Å². The average Bonchev–Trinajstić information content (AvgIpc) is 2.66. The predicted molar refractivity (Wildman–Crippen MR) is 92.8 cm³/mol. The molecule has 0 radical (unpaired) electrons. The molecular weight excluding hydrogens is 341 g/mol. The van der Waals surface area contributed by atoms with E-state index < -0.39 is 23.7 Å². The third-order valence-corrected chi connectivity index (χ3v) is 3.80. The second kappa shape index (κ2) is 8.84. The molecule has 2 rings (SSSR count). The quantitative estimate of drug-likeness (QED) is 0.768. The molecule has 2 aromatic carbocycles. The zero-order chi connectivity index (χ0) is 19.1. The minimum absolute atomic E-state index is 0.0902. The van der Waals surface area contributed by atoms with E-state index in [-0.39, 0.29) is 12.0 Å². The van der Waals surface area contributed by atoms with E-state index in [1.807, 2.05) is 0 Å². The van der Waals surface area contributed by atoms with Crippen LogP contribution in [0.4, 0.5) is 4.39 Å². The van der Waals surface area contributed by atoms with Gasteiger partial charge in [-0.2, -0.15) is 0 Å². The summed E-state index contributed by atoms with van der Waals surface area (Å²) in [5, 5.41) is 2.73. The van der Waals surface area contributed by atoms with E-state index in [1.165, 1.54) is 39.5 Å². The molecule has 0 heterocycles. The van der Waals surface area contributed by atoms with E-state index in [2.05, 4.69) is 5.32 Å². The summed E-state index contributed by atoms with van der Waals surface area (Å²) in [6, 6.07) is 9.67. The highest BCUT2D eigenvalue weighted by Crippen LogP contribution is 2.31. The fourth-order valence-electron chi connectivity index (χ4n) is 2.44. The number of benzene rings is 2. The van der Waals surface area contributed by atoms with Crippen LogP contribution in [0.3, 0.4) is 0 Å². The van der Waals surface area contributed by atoms with Crippen LogP contribution in [0.15, 0.2) is 42.5 Å². The molecule has 0 saturated carbocycles. The van der Waals surface area contributed by atoms with Crippen molar-refractivity contribution >= 4 is 11.9 Å². The molecule has 138 valence electrons. The number of carbonyl (C=O) groups excluding carboxylic acids is 2. The Bertz CT molecular complexity index is 793. The summed E-state index contributed by atoms with van der Waals surface area (Å²) in [6.45, 7) is 0. The van der Waals surface area contributed by atoms with Crippen molar-refractivity contribution in [1.82, 2.24) is 5.32 Å². The van der Waals surface area contributed by atoms with Crippen LogP contribution >= 0.6 is 0 Å². The number of ether oxygens (including phenoxy) is 3. The van der Waals surface area contributed by atoms with Crippen LogP contribution in [0.25, 0.3) is 0 Å². The van der Waals surface area contributed by atoms with Gasteiger partial charge in [-0.05, 0) is 35.9 Å². The minimum Gasteiger partial charge on any atom is -0.493 e. The van der Waals surface area contributed by atoms with Gasteiger partial charge in [0.25, 0.3) is 5.91 Å². The lowest BCUT2D eigenvalue weighted by molar-refractivity contribution is -0.141. The largest absolute Gasteiger partial charge is 0.493 e. The molecule has 0 bridgehead atoms. The standard InChI is InChI=1S/C19H20FNO5/c1-24-16-8-7-12(10-17(16)25-2)15(11-18(22)26-3)21-19(23)13-5-4-6-14(20)9-13/h4-10,15H,11H2,1-3H3,(H,21,23)/t15-/m1/s1. The van der Waals surface area contributed by atoms with E-state index in [1.54, 1.807) is 18.2 Å². The summed E-state index contributed by atoms with van der Waals surface area (Å²) in [4.78, 5) is 24.2. The lowest BCUT2D eigenvalue weighted by atomic mass is 10.0. The molecule has 1 N–H and O–H groups in total. The number of nitrogens with one attached hydrogen (secondary N) is 1. The summed E-state index contributed by atoms with van der Waals surface area (Å²) in [5.74, 6) is -0.546. The van der Waals surface area contributed by atoms with Crippen molar-refractivity contribution < 1.29 is 28.2 Å². The van der Waals surface area contributed by atoms with Gasteiger partial charge in [-0.3, -0.25) is 9.59 Å². The van der Waals surface area contributed by atoms with Crippen molar-refractivity contribution in [2.24, 2.45) is 0 Å². The van der Waals surface area contributed by atoms with E-state index in [0.717, 1.165) is 6.07 Å². The van der Waals surface area contributed by atoms with Gasteiger partial charge < -0.3 is 19.5 Å². The summed E-state index contributed by atoms with van der Waals surface area (Å²) >= 11 is 0. The molecule has 0 fully saturated rings. The molecule has 0 spiro atoms. The second-order valence-electron chi connectivity index (χ2n) is 5.43. The fraction of sp³-hybridized carbons (Fsp3) is 0.263. The highest BCUT2D eigenvalue weighted by molar-refractivity contribution is 5.94. The highest BCUT2D eigenvalue weighted by Gasteiger charge is 2.21. The molecule has 2 aromatic rings. The van der Waals surface area contributed by atoms with Gasteiger partial charge in [0.15, 0.2) is 11.5 Å². The molecule has 0 aliphatic carbocycles. The zero-order valence-electron chi connectivity index (χ0n) is 14.7. The van der Waals surface area contributed by atoms with Crippen LogP contribution < -0.4 is 14.8 Å². The van der Waals surface area contributed by atoms with Crippen molar-refractivity contribution in [3.8, 4) is 11.5 Å².